The van der Waals surface area contributed by atoms with Gasteiger partial charge in [0.2, 0.25) is 29.5 Å². The molecule has 11 N–H and O–H groups in total. The molecule has 37 heavy (non-hydrogen) atoms. The maximum Gasteiger partial charge on any atom is 0.326 e. The first-order chi connectivity index (χ1) is 17.4. The molecular weight excluding hydrogens is 486 g/mol. The third kappa shape index (κ3) is 8.61. The van der Waals surface area contributed by atoms with E-state index in [4.69, 9.17) is 22.3 Å². The number of hydrogen-bond acceptors (Lipinski definition) is 7. The average molecular weight is 518 g/mol. The molecule has 0 fully saturated rings. The van der Waals surface area contributed by atoms with E-state index in [0.717, 1.165) is 16.5 Å². The van der Waals surface area contributed by atoms with E-state index in [1.165, 1.54) is 6.92 Å². The molecule has 4 atom stereocenters. The Kier molecular flexibility index (Phi) is 10.1. The Morgan fingerprint density at radius 1 is 0.919 bits per heavy atom. The molecule has 0 unspecified atom stereocenters. The number of fused-ring (bicyclic) bond motifs is 1. The van der Waals surface area contributed by atoms with Crippen LogP contribution in [0.25, 0.3) is 10.9 Å². The van der Waals surface area contributed by atoms with Gasteiger partial charge in [-0.25, -0.2) is 4.79 Å². The summed E-state index contributed by atoms with van der Waals surface area (Å²) in [5.41, 5.74) is 17.9. The van der Waals surface area contributed by atoms with Gasteiger partial charge in [0, 0.05) is 23.5 Å². The van der Waals surface area contributed by atoms with Crippen LogP contribution < -0.4 is 33.2 Å². The fourth-order valence-electron chi connectivity index (χ4n) is 3.54. The topological polar surface area (TPSA) is 253 Å². The molecule has 0 spiro atoms. The number of aliphatic carboxylic acids is 1. The Balaban J connectivity index is 2.04. The van der Waals surface area contributed by atoms with Gasteiger partial charge in [0.05, 0.1) is 12.5 Å². The van der Waals surface area contributed by atoms with Gasteiger partial charge in [-0.3, -0.25) is 24.0 Å². The number of aromatic nitrogens is 1. The van der Waals surface area contributed by atoms with Crippen molar-refractivity contribution in [2.24, 2.45) is 17.2 Å². The summed E-state index contributed by atoms with van der Waals surface area (Å²) in [6.07, 6.45) is 0.845. The molecule has 0 saturated heterocycles. The van der Waals surface area contributed by atoms with E-state index >= 15 is 0 Å². The Hall–Kier alpha value is -4.46. The van der Waals surface area contributed by atoms with Crippen molar-refractivity contribution in [3.8, 4) is 0 Å². The number of para-hydroxylation sites is 1. The summed E-state index contributed by atoms with van der Waals surface area (Å²) in [5, 5.41) is 16.9. The van der Waals surface area contributed by atoms with Gasteiger partial charge in [0.1, 0.15) is 18.1 Å². The van der Waals surface area contributed by atoms with Crippen molar-refractivity contribution in [2.75, 3.05) is 0 Å². The standard InChI is InChI=1S/C23H31N7O7/c1-11(20(33)30-17(23(36)37)9-19(26)32)28-22(35)16(6-7-18(25)31)29-21(34)14(24)8-12-10-27-15-5-3-2-4-13(12)15/h2-5,10-11,14,16-17,27H,6-9,24H2,1H3,(H2,25,31)(H2,26,32)(H,28,35)(H,29,34)(H,30,33)(H,36,37)/t11-,14-,16-,17-/m0/s1. The second-order valence-corrected chi connectivity index (χ2v) is 8.54. The van der Waals surface area contributed by atoms with Crippen molar-refractivity contribution >= 4 is 46.4 Å². The molecule has 1 aromatic carbocycles. The summed E-state index contributed by atoms with van der Waals surface area (Å²) in [5.74, 6) is -5.53. The fraction of sp³-hybridized carbons (Fsp3) is 0.391. The Bertz CT molecular complexity index is 1180. The lowest BCUT2D eigenvalue weighted by Gasteiger charge is -2.23. The van der Waals surface area contributed by atoms with E-state index < -0.39 is 66.1 Å². The number of H-pyrrole nitrogens is 1. The second-order valence-electron chi connectivity index (χ2n) is 8.54. The van der Waals surface area contributed by atoms with Gasteiger partial charge in [-0.2, -0.15) is 0 Å². The number of carbonyl (C=O) groups excluding carboxylic acids is 5. The van der Waals surface area contributed by atoms with E-state index in [-0.39, 0.29) is 19.3 Å². The summed E-state index contributed by atoms with van der Waals surface area (Å²) in [7, 11) is 0. The quantitative estimate of drug-likeness (QED) is 0.135. The van der Waals surface area contributed by atoms with E-state index in [1.807, 2.05) is 24.3 Å². The fourth-order valence-corrected chi connectivity index (χ4v) is 3.54. The zero-order valence-electron chi connectivity index (χ0n) is 20.2. The molecule has 0 aliphatic heterocycles. The van der Waals surface area contributed by atoms with Gasteiger partial charge in [0.15, 0.2) is 0 Å². The zero-order valence-corrected chi connectivity index (χ0v) is 20.2. The molecular formula is C23H31N7O7. The molecule has 14 nitrogen and oxygen atoms in total. The molecule has 0 aliphatic rings. The number of hydrogen-bond donors (Lipinski definition) is 8. The number of carboxylic acid groups (broad SMARTS) is 1. The number of carbonyl (C=O) groups is 6. The first-order valence-electron chi connectivity index (χ1n) is 11.4. The van der Waals surface area contributed by atoms with Crippen LogP contribution in [-0.4, -0.2) is 69.8 Å². The molecule has 14 heteroatoms. The summed E-state index contributed by atoms with van der Waals surface area (Å²) < 4.78 is 0. The predicted molar refractivity (Wildman–Crippen MR) is 131 cm³/mol. The highest BCUT2D eigenvalue weighted by atomic mass is 16.4. The molecule has 2 rings (SSSR count). The number of rotatable bonds is 14. The van der Waals surface area contributed by atoms with Gasteiger partial charge in [-0.1, -0.05) is 18.2 Å². The maximum atomic E-state index is 12.8. The number of amides is 5. The van der Waals surface area contributed by atoms with Gasteiger partial charge < -0.3 is 43.2 Å². The highest BCUT2D eigenvalue weighted by molar-refractivity contribution is 5.95. The molecule has 2 aromatic rings. The summed E-state index contributed by atoms with van der Waals surface area (Å²) in [4.78, 5) is 74.6. The SMILES string of the molecule is C[C@H](NC(=O)[C@H](CCC(N)=O)NC(=O)[C@@H](N)Cc1c[nH]c2ccccc12)C(=O)N[C@@H](CC(N)=O)C(=O)O. The maximum absolute atomic E-state index is 12.8. The van der Waals surface area contributed by atoms with Crippen LogP contribution in [0.2, 0.25) is 0 Å². The van der Waals surface area contributed by atoms with Crippen molar-refractivity contribution in [1.82, 2.24) is 20.9 Å². The molecule has 0 bridgehead atoms. The molecule has 0 radical (unpaired) electrons. The average Bonchev–Trinajstić information content (AvgIpc) is 3.23. The first-order valence-corrected chi connectivity index (χ1v) is 11.4. The molecule has 5 amide bonds. The van der Waals surface area contributed by atoms with Crippen molar-refractivity contribution in [1.29, 1.82) is 0 Å². The normalized spacial score (nSPS) is 14.1. The lowest BCUT2D eigenvalue weighted by atomic mass is 10.0. The van der Waals surface area contributed by atoms with Crippen LogP contribution in [0.5, 0.6) is 0 Å². The molecule has 1 aromatic heterocycles. The monoisotopic (exact) mass is 517 g/mol. The summed E-state index contributed by atoms with van der Waals surface area (Å²) in [6, 6.07) is 2.32. The lowest BCUT2D eigenvalue weighted by Crippen LogP contribution is -2.56. The van der Waals surface area contributed by atoms with Gasteiger partial charge in [-0.15, -0.1) is 0 Å². The Morgan fingerprint density at radius 3 is 2.19 bits per heavy atom. The van der Waals surface area contributed by atoms with Crippen LogP contribution >= 0.6 is 0 Å². The van der Waals surface area contributed by atoms with Crippen molar-refractivity contribution < 1.29 is 33.9 Å². The van der Waals surface area contributed by atoms with Crippen LogP contribution in [0.3, 0.4) is 0 Å². The lowest BCUT2D eigenvalue weighted by molar-refractivity contribution is -0.143. The highest BCUT2D eigenvalue weighted by Gasteiger charge is 2.29. The van der Waals surface area contributed by atoms with Gasteiger partial charge >= 0.3 is 5.97 Å². The van der Waals surface area contributed by atoms with Gasteiger partial charge in [-0.05, 0) is 31.4 Å². The van der Waals surface area contributed by atoms with Crippen molar-refractivity contribution in [2.45, 2.75) is 56.8 Å². The van der Waals surface area contributed by atoms with E-state index in [9.17, 15) is 28.8 Å². The first kappa shape index (κ1) is 28.8. The molecule has 0 aliphatic carbocycles. The zero-order chi connectivity index (χ0) is 27.7. The van der Waals surface area contributed by atoms with Crippen molar-refractivity contribution in [3.05, 3.63) is 36.0 Å². The second kappa shape index (κ2) is 13.0. The molecule has 200 valence electrons. The van der Waals surface area contributed by atoms with Gasteiger partial charge in [0.25, 0.3) is 0 Å². The number of nitrogens with two attached hydrogens (primary N) is 3. The van der Waals surface area contributed by atoms with Crippen LogP contribution in [0, 0.1) is 0 Å². The predicted octanol–water partition coefficient (Wildman–Crippen LogP) is -2.26. The largest absolute Gasteiger partial charge is 0.480 e. The van der Waals surface area contributed by atoms with Crippen LogP contribution in [-0.2, 0) is 35.2 Å². The van der Waals surface area contributed by atoms with Crippen molar-refractivity contribution in [3.63, 3.8) is 0 Å². The number of primary amides is 2. The van der Waals surface area contributed by atoms with E-state index in [0.29, 0.717) is 0 Å². The number of aromatic amines is 1. The van der Waals surface area contributed by atoms with E-state index in [1.54, 1.807) is 6.20 Å². The molecule has 0 saturated carbocycles. The minimum absolute atomic E-state index is 0.162. The molecule has 1 heterocycles. The van der Waals surface area contributed by atoms with Crippen LogP contribution in [0.4, 0.5) is 0 Å². The third-order valence-corrected chi connectivity index (χ3v) is 5.54. The number of carboxylic acids is 1. The third-order valence-electron chi connectivity index (χ3n) is 5.54. The number of nitrogens with one attached hydrogen (secondary N) is 4. The smallest absolute Gasteiger partial charge is 0.326 e. The highest BCUT2D eigenvalue weighted by Crippen LogP contribution is 2.18. The minimum atomic E-state index is -1.59. The Labute approximate surface area is 211 Å². The van der Waals surface area contributed by atoms with Crippen LogP contribution in [0.1, 0.15) is 31.7 Å². The summed E-state index contributed by atoms with van der Waals surface area (Å²) >= 11 is 0. The van der Waals surface area contributed by atoms with Crippen LogP contribution in [0.15, 0.2) is 30.5 Å². The minimum Gasteiger partial charge on any atom is -0.480 e. The van der Waals surface area contributed by atoms with E-state index in [2.05, 4.69) is 20.9 Å². The Morgan fingerprint density at radius 2 is 1.57 bits per heavy atom. The number of benzene rings is 1. The summed E-state index contributed by atoms with van der Waals surface area (Å²) in [6.45, 7) is 1.27.